The van der Waals surface area contributed by atoms with Crippen LogP contribution in [0.1, 0.15) is 5.56 Å². The molecule has 0 spiro atoms. The van der Waals surface area contributed by atoms with Crippen LogP contribution in [0.5, 0.6) is 0 Å². The van der Waals surface area contributed by atoms with Crippen molar-refractivity contribution in [3.05, 3.63) is 121 Å². The zero-order valence-electron chi connectivity index (χ0n) is 17.2. The van der Waals surface area contributed by atoms with Crippen molar-refractivity contribution in [1.82, 2.24) is 0 Å². The first-order valence-electron chi connectivity index (χ1n) is 10.0. The first kappa shape index (κ1) is 22.2. The Labute approximate surface area is 197 Å². The Hall–Kier alpha value is -2.01. The fraction of sp³-hybridized carbons (Fsp3) is 0.0769. The molecule has 158 valence electrons. The minimum absolute atomic E-state index is 0.0280. The molecule has 0 unspecified atom stereocenters. The minimum atomic E-state index is -3.59. The monoisotopic (exact) mass is 558 g/mol. The van der Waals surface area contributed by atoms with E-state index >= 15 is 0 Å². The van der Waals surface area contributed by atoms with Gasteiger partial charge in [0.25, 0.3) is 0 Å². The number of rotatable bonds is 6. The Bertz CT molecular complexity index is 1170. The molecule has 0 radical (unpaired) electrons. The fourth-order valence-electron chi connectivity index (χ4n) is 4.03. The van der Waals surface area contributed by atoms with Crippen molar-refractivity contribution in [3.63, 3.8) is 0 Å². The van der Waals surface area contributed by atoms with Gasteiger partial charge in [-0.2, -0.15) is 0 Å². The summed E-state index contributed by atoms with van der Waals surface area (Å²) in [5, 5.41) is 3.17. The summed E-state index contributed by atoms with van der Waals surface area (Å²) < 4.78 is 24.4. The molecule has 0 atom stereocenters. The van der Waals surface area contributed by atoms with Gasteiger partial charge in [0.15, 0.2) is 0 Å². The van der Waals surface area contributed by atoms with Gasteiger partial charge in [-0.1, -0.05) is 0 Å². The van der Waals surface area contributed by atoms with Crippen molar-refractivity contribution in [2.24, 2.45) is 0 Å². The van der Waals surface area contributed by atoms with E-state index in [0.717, 1.165) is 21.5 Å². The number of hydrogen-bond acceptors (Lipinski definition) is 2. The van der Waals surface area contributed by atoms with Gasteiger partial charge in [0.1, 0.15) is 0 Å². The summed E-state index contributed by atoms with van der Waals surface area (Å²) in [6.45, 7) is 1.96. The number of halogens is 1. The van der Waals surface area contributed by atoms with Gasteiger partial charge in [0.05, 0.1) is 0 Å². The maximum atomic E-state index is 13.9. The molecule has 0 saturated carbocycles. The summed E-state index contributed by atoms with van der Waals surface area (Å²) in [7, 11) is -3.59. The molecule has 0 aliphatic heterocycles. The summed E-state index contributed by atoms with van der Waals surface area (Å²) in [6, 6.07) is 37.6. The van der Waals surface area contributed by atoms with Gasteiger partial charge in [-0.15, -0.1) is 0 Å². The van der Waals surface area contributed by atoms with Crippen molar-refractivity contribution in [3.8, 4) is 0 Å². The van der Waals surface area contributed by atoms with E-state index in [0.29, 0.717) is 4.90 Å². The molecule has 0 amide bonds. The Balaban J connectivity index is 2.07. The Morgan fingerprint density at radius 3 is 1.32 bits per heavy atom. The summed E-state index contributed by atoms with van der Waals surface area (Å²) in [5.41, 5.74) is 1.07. The van der Waals surface area contributed by atoms with E-state index in [9.17, 15) is 8.42 Å². The molecule has 31 heavy (non-hydrogen) atoms. The predicted octanol–water partition coefficient (Wildman–Crippen LogP) is 5.61. The molecule has 0 fully saturated rings. The van der Waals surface area contributed by atoms with E-state index in [2.05, 4.69) is 58.4 Å². The normalized spacial score (nSPS) is 13.3. The topological polar surface area (TPSA) is 34.1 Å². The third-order valence-electron chi connectivity index (χ3n) is 5.68. The van der Waals surface area contributed by atoms with Crippen molar-refractivity contribution < 1.29 is 8.42 Å². The average Bonchev–Trinajstić information content (AvgIpc) is 2.81. The molecule has 0 N–H and O–H groups in total. The number of hydrogen-bond donors (Lipinski definition) is 0. The third kappa shape index (κ3) is 3.97. The Kier molecular flexibility index (Phi) is 6.08. The number of aryl methyl sites for hydroxylation is 1. The first-order chi connectivity index (χ1) is 14.8. The van der Waals surface area contributed by atoms with Crippen molar-refractivity contribution in [1.29, 1.82) is 0 Å². The molecule has 5 heteroatoms. The maximum absolute atomic E-state index is 13.9. The summed E-state index contributed by atoms with van der Waals surface area (Å²) in [5.74, 6) is 0. The van der Waals surface area contributed by atoms with Crippen LogP contribution in [0.25, 0.3) is 0 Å². The summed E-state index contributed by atoms with van der Waals surface area (Å²) in [6.07, 6.45) is 0. The number of benzene rings is 4. The van der Waals surface area contributed by atoms with Crippen LogP contribution in [0.2, 0.25) is 0 Å². The predicted molar refractivity (Wildman–Crippen MR) is 142 cm³/mol. The standard InChI is InChI=1S/C26H24IO2PS/c1-22-17-19-26(20-18-22)31(28,29)21-30(27,23-11-5-2-6-12-23,24-13-7-3-8-14-24)25-15-9-4-10-16-25/h2-20H,21H2,1H3. The number of sulfone groups is 1. The van der Waals surface area contributed by atoms with Gasteiger partial charge in [0, 0.05) is 0 Å². The van der Waals surface area contributed by atoms with Crippen LogP contribution in [0.3, 0.4) is 0 Å². The van der Waals surface area contributed by atoms with Gasteiger partial charge in [-0.3, -0.25) is 0 Å². The van der Waals surface area contributed by atoms with Crippen molar-refractivity contribution in [2.45, 2.75) is 11.8 Å². The van der Waals surface area contributed by atoms with Gasteiger partial charge >= 0.3 is 199 Å². The SMILES string of the molecule is Cc1ccc(S(=O)(=O)CP(I)(c2ccccc2)(c2ccccc2)c2ccccc2)cc1. The first-order valence-corrected chi connectivity index (χ1v) is 16.9. The Morgan fingerprint density at radius 1 is 0.613 bits per heavy atom. The van der Waals surface area contributed by atoms with Gasteiger partial charge in [-0.25, -0.2) is 0 Å². The molecular formula is C26H24IO2PS. The van der Waals surface area contributed by atoms with Crippen molar-refractivity contribution >= 4 is 52.0 Å². The quantitative estimate of drug-likeness (QED) is 0.228. The van der Waals surface area contributed by atoms with Crippen LogP contribution in [0.15, 0.2) is 120 Å². The van der Waals surface area contributed by atoms with E-state index in [-0.39, 0.29) is 5.49 Å². The van der Waals surface area contributed by atoms with E-state index in [4.69, 9.17) is 0 Å². The molecule has 0 saturated heterocycles. The molecule has 2 nitrogen and oxygen atoms in total. The molecule has 4 aromatic carbocycles. The van der Waals surface area contributed by atoms with E-state index < -0.39 is 14.1 Å². The molecule has 0 bridgehead atoms. The van der Waals surface area contributed by atoms with Gasteiger partial charge in [-0.05, 0) is 0 Å². The summed E-state index contributed by atoms with van der Waals surface area (Å²) in [4.78, 5) is 0.367. The molecular weight excluding hydrogens is 534 g/mol. The zero-order chi connectivity index (χ0) is 22.0. The molecule has 4 aromatic rings. The average molecular weight is 558 g/mol. The fourth-order valence-corrected chi connectivity index (χ4v) is 19.0. The Morgan fingerprint density at radius 2 is 0.968 bits per heavy atom. The van der Waals surface area contributed by atoms with Gasteiger partial charge < -0.3 is 0 Å². The van der Waals surface area contributed by atoms with Crippen LogP contribution in [-0.4, -0.2) is 13.9 Å². The molecule has 0 aliphatic rings. The van der Waals surface area contributed by atoms with Crippen LogP contribution in [0, 0.1) is 6.92 Å². The van der Waals surface area contributed by atoms with Gasteiger partial charge in [0.2, 0.25) is 0 Å². The molecule has 0 aliphatic carbocycles. The third-order valence-corrected chi connectivity index (χ3v) is 21.6. The second-order valence-corrected chi connectivity index (χ2v) is 20.8. The van der Waals surface area contributed by atoms with Crippen molar-refractivity contribution in [2.75, 3.05) is 5.49 Å². The second kappa shape index (κ2) is 8.50. The van der Waals surface area contributed by atoms with E-state index in [1.165, 1.54) is 0 Å². The molecule has 0 aromatic heterocycles. The van der Waals surface area contributed by atoms with E-state index in [1.807, 2.05) is 73.7 Å². The second-order valence-electron chi connectivity index (χ2n) is 7.75. The molecule has 4 rings (SSSR count). The van der Waals surface area contributed by atoms with Crippen LogP contribution in [-0.2, 0) is 9.84 Å². The zero-order valence-corrected chi connectivity index (χ0v) is 21.1. The van der Waals surface area contributed by atoms with Crippen LogP contribution < -0.4 is 15.9 Å². The summed E-state index contributed by atoms with van der Waals surface area (Å²) >= 11 is 2.52. The van der Waals surface area contributed by atoms with E-state index in [1.54, 1.807) is 12.1 Å². The van der Waals surface area contributed by atoms with Crippen LogP contribution >= 0.6 is 26.3 Å². The van der Waals surface area contributed by atoms with Crippen LogP contribution in [0.4, 0.5) is 0 Å². The molecule has 0 heterocycles.